The van der Waals surface area contributed by atoms with Gasteiger partial charge in [-0.15, -0.1) is 0 Å². The predicted octanol–water partition coefficient (Wildman–Crippen LogP) is 3.16. The zero-order valence-corrected chi connectivity index (χ0v) is 9.57. The molecule has 0 aliphatic carbocycles. The van der Waals surface area contributed by atoms with E-state index in [1.54, 1.807) is 6.07 Å². The lowest BCUT2D eigenvalue weighted by molar-refractivity contribution is 0.100. The molecule has 0 amide bonds. The van der Waals surface area contributed by atoms with E-state index in [0.29, 0.717) is 11.5 Å². The summed E-state index contributed by atoms with van der Waals surface area (Å²) < 4.78 is 5.16. The first-order valence-corrected chi connectivity index (χ1v) is 5.13. The van der Waals surface area contributed by atoms with E-state index in [1.165, 1.54) is 12.5 Å². The minimum atomic E-state index is -0.0836. The molecule has 0 N–H and O–H groups in total. The van der Waals surface area contributed by atoms with E-state index >= 15 is 0 Å². The number of aromatic nitrogens is 1. The Balaban J connectivity index is 2.46. The molecule has 0 radical (unpaired) electrons. The van der Waals surface area contributed by atoms with Crippen molar-refractivity contribution >= 4 is 5.78 Å². The molecule has 0 saturated heterocycles. The molecular weight excluding hydrogens is 202 g/mol. The highest BCUT2D eigenvalue weighted by molar-refractivity contribution is 5.92. The van der Waals surface area contributed by atoms with Crippen LogP contribution in [-0.2, 0) is 0 Å². The summed E-state index contributed by atoms with van der Waals surface area (Å²) in [5.74, 6) is 0.558. The number of nitrogens with zero attached hydrogens (tertiary/aromatic N) is 1. The fourth-order valence-electron chi connectivity index (χ4n) is 1.66. The fraction of sp³-hybridized carbons (Fsp3) is 0.231. The monoisotopic (exact) mass is 215 g/mol. The summed E-state index contributed by atoms with van der Waals surface area (Å²) in [7, 11) is 0. The molecule has 1 aromatic heterocycles. The molecule has 0 aliphatic rings. The van der Waals surface area contributed by atoms with Crippen LogP contribution in [0.4, 0.5) is 0 Å². The molecule has 0 bridgehead atoms. The van der Waals surface area contributed by atoms with Crippen LogP contribution in [0.5, 0.6) is 0 Å². The normalized spacial score (nSPS) is 10.4. The van der Waals surface area contributed by atoms with Gasteiger partial charge in [-0.2, -0.15) is 0 Å². The van der Waals surface area contributed by atoms with Crippen LogP contribution in [-0.4, -0.2) is 10.9 Å². The summed E-state index contributed by atoms with van der Waals surface area (Å²) in [6.45, 7) is 5.53. The Bertz CT molecular complexity index is 541. The molecule has 3 heteroatoms. The number of Topliss-reactive ketones (excluding diaryl/α,β-unsaturated/α-hetero) is 1. The maximum atomic E-state index is 11.1. The van der Waals surface area contributed by atoms with E-state index in [4.69, 9.17) is 4.52 Å². The zero-order valence-electron chi connectivity index (χ0n) is 9.57. The standard InChI is InChI=1S/C13H13NO2/c1-8-4-5-11(9(2)6-8)13-7-12(10(3)15)14-16-13/h4-7H,1-3H3. The third-order valence-electron chi connectivity index (χ3n) is 2.52. The molecule has 2 rings (SSSR count). The van der Waals surface area contributed by atoms with Gasteiger partial charge in [-0.05, 0) is 19.4 Å². The van der Waals surface area contributed by atoms with Crippen molar-refractivity contribution in [2.75, 3.05) is 0 Å². The predicted molar refractivity (Wildman–Crippen MR) is 61.4 cm³/mol. The Morgan fingerprint density at radius 1 is 1.25 bits per heavy atom. The second-order valence-corrected chi connectivity index (χ2v) is 3.95. The lowest BCUT2D eigenvalue weighted by Gasteiger charge is -2.01. The number of hydrogen-bond acceptors (Lipinski definition) is 3. The second-order valence-electron chi connectivity index (χ2n) is 3.95. The number of carbonyl (C=O) groups is 1. The fourth-order valence-corrected chi connectivity index (χ4v) is 1.66. The number of carbonyl (C=O) groups excluding carboxylic acids is 1. The smallest absolute Gasteiger partial charge is 0.181 e. The van der Waals surface area contributed by atoms with Crippen LogP contribution in [0, 0.1) is 13.8 Å². The van der Waals surface area contributed by atoms with E-state index in [0.717, 1.165) is 11.1 Å². The molecule has 82 valence electrons. The highest BCUT2D eigenvalue weighted by atomic mass is 16.5. The topological polar surface area (TPSA) is 43.1 Å². The summed E-state index contributed by atoms with van der Waals surface area (Å²) in [4.78, 5) is 11.1. The van der Waals surface area contributed by atoms with Gasteiger partial charge in [0, 0.05) is 18.6 Å². The molecule has 0 fully saturated rings. The van der Waals surface area contributed by atoms with Gasteiger partial charge in [0.25, 0.3) is 0 Å². The molecule has 0 atom stereocenters. The third-order valence-corrected chi connectivity index (χ3v) is 2.52. The van der Waals surface area contributed by atoms with Crippen molar-refractivity contribution in [3.63, 3.8) is 0 Å². The third kappa shape index (κ3) is 1.89. The van der Waals surface area contributed by atoms with Crippen molar-refractivity contribution in [2.45, 2.75) is 20.8 Å². The summed E-state index contributed by atoms with van der Waals surface area (Å²) in [5.41, 5.74) is 3.67. The van der Waals surface area contributed by atoms with Crippen LogP contribution in [0.25, 0.3) is 11.3 Å². The van der Waals surface area contributed by atoms with Crippen LogP contribution >= 0.6 is 0 Å². The average Bonchev–Trinajstić information content (AvgIpc) is 2.66. The van der Waals surface area contributed by atoms with Gasteiger partial charge in [0.05, 0.1) is 0 Å². The van der Waals surface area contributed by atoms with Crippen LogP contribution in [0.1, 0.15) is 28.5 Å². The Hall–Kier alpha value is -1.90. The Morgan fingerprint density at radius 3 is 2.56 bits per heavy atom. The number of aryl methyl sites for hydroxylation is 2. The van der Waals surface area contributed by atoms with Crippen molar-refractivity contribution in [2.24, 2.45) is 0 Å². The highest BCUT2D eigenvalue weighted by Crippen LogP contribution is 2.24. The Morgan fingerprint density at radius 2 is 2.00 bits per heavy atom. The zero-order chi connectivity index (χ0) is 11.7. The van der Waals surface area contributed by atoms with Gasteiger partial charge in [-0.3, -0.25) is 4.79 Å². The highest BCUT2D eigenvalue weighted by Gasteiger charge is 2.11. The molecule has 1 aromatic carbocycles. The first-order chi connectivity index (χ1) is 7.58. The van der Waals surface area contributed by atoms with Crippen LogP contribution < -0.4 is 0 Å². The van der Waals surface area contributed by atoms with Crippen molar-refractivity contribution < 1.29 is 9.32 Å². The van der Waals surface area contributed by atoms with E-state index in [9.17, 15) is 4.79 Å². The lowest BCUT2D eigenvalue weighted by Crippen LogP contribution is -1.89. The molecule has 1 heterocycles. The van der Waals surface area contributed by atoms with Crippen LogP contribution in [0.15, 0.2) is 28.8 Å². The van der Waals surface area contributed by atoms with Crippen LogP contribution in [0.3, 0.4) is 0 Å². The van der Waals surface area contributed by atoms with Gasteiger partial charge in [-0.1, -0.05) is 28.9 Å². The first-order valence-electron chi connectivity index (χ1n) is 5.13. The van der Waals surface area contributed by atoms with Crippen molar-refractivity contribution in [1.29, 1.82) is 0 Å². The first kappa shape index (κ1) is 10.6. The molecule has 0 saturated carbocycles. The molecular formula is C13H13NO2. The van der Waals surface area contributed by atoms with Gasteiger partial charge >= 0.3 is 0 Å². The molecule has 3 nitrogen and oxygen atoms in total. The second kappa shape index (κ2) is 3.93. The number of benzene rings is 1. The molecule has 0 aliphatic heterocycles. The van der Waals surface area contributed by atoms with E-state index < -0.39 is 0 Å². The van der Waals surface area contributed by atoms with Crippen molar-refractivity contribution in [1.82, 2.24) is 5.16 Å². The van der Waals surface area contributed by atoms with E-state index in [1.807, 2.05) is 26.0 Å². The molecule has 2 aromatic rings. The Kier molecular flexibility index (Phi) is 2.60. The lowest BCUT2D eigenvalue weighted by atomic mass is 10.0. The quantitative estimate of drug-likeness (QED) is 0.723. The average molecular weight is 215 g/mol. The molecule has 16 heavy (non-hydrogen) atoms. The van der Waals surface area contributed by atoms with Gasteiger partial charge in [0.1, 0.15) is 5.69 Å². The van der Waals surface area contributed by atoms with Crippen molar-refractivity contribution in [3.8, 4) is 11.3 Å². The maximum Gasteiger partial charge on any atom is 0.181 e. The van der Waals surface area contributed by atoms with Gasteiger partial charge in [-0.25, -0.2) is 0 Å². The largest absolute Gasteiger partial charge is 0.356 e. The van der Waals surface area contributed by atoms with Gasteiger partial charge < -0.3 is 4.52 Å². The van der Waals surface area contributed by atoms with Gasteiger partial charge in [0.2, 0.25) is 0 Å². The number of rotatable bonds is 2. The summed E-state index contributed by atoms with van der Waals surface area (Å²) in [6, 6.07) is 7.75. The van der Waals surface area contributed by atoms with Crippen molar-refractivity contribution in [3.05, 3.63) is 41.1 Å². The van der Waals surface area contributed by atoms with Gasteiger partial charge in [0.15, 0.2) is 11.5 Å². The molecule has 0 spiro atoms. The number of hydrogen-bond donors (Lipinski definition) is 0. The van der Waals surface area contributed by atoms with Crippen LogP contribution in [0.2, 0.25) is 0 Å². The minimum Gasteiger partial charge on any atom is -0.356 e. The minimum absolute atomic E-state index is 0.0836. The Labute approximate surface area is 94.1 Å². The summed E-state index contributed by atoms with van der Waals surface area (Å²) in [6.07, 6.45) is 0. The summed E-state index contributed by atoms with van der Waals surface area (Å²) in [5, 5.41) is 3.73. The summed E-state index contributed by atoms with van der Waals surface area (Å²) >= 11 is 0. The van der Waals surface area contributed by atoms with E-state index in [-0.39, 0.29) is 5.78 Å². The molecule has 0 unspecified atom stereocenters. The number of ketones is 1. The SMILES string of the molecule is CC(=O)c1cc(-c2ccc(C)cc2C)on1. The maximum absolute atomic E-state index is 11.1. The van der Waals surface area contributed by atoms with E-state index in [2.05, 4.69) is 11.2 Å².